The summed E-state index contributed by atoms with van der Waals surface area (Å²) in [5, 5.41) is 4.44. The van der Waals surface area contributed by atoms with Crippen LogP contribution in [-0.4, -0.2) is 33.2 Å². The third kappa shape index (κ3) is 4.96. The number of para-hydroxylation sites is 1. The maximum atomic E-state index is 13.4. The molecule has 2 aromatic rings. The van der Waals surface area contributed by atoms with Crippen LogP contribution in [0.5, 0.6) is 11.5 Å². The Morgan fingerprint density at radius 1 is 1.12 bits per heavy atom. The molecule has 0 bridgehead atoms. The van der Waals surface area contributed by atoms with Crippen LogP contribution in [0.1, 0.15) is 5.56 Å². The van der Waals surface area contributed by atoms with Crippen LogP contribution < -0.4 is 20.1 Å². The largest absolute Gasteiger partial charge is 0.493 e. The van der Waals surface area contributed by atoms with Gasteiger partial charge in [0.2, 0.25) is 0 Å². The van der Waals surface area contributed by atoms with Crippen molar-refractivity contribution in [2.45, 2.75) is 6.42 Å². The molecule has 0 heterocycles. The van der Waals surface area contributed by atoms with Crippen molar-refractivity contribution in [3.63, 3.8) is 0 Å². The minimum absolute atomic E-state index is 0.204. The number of halogens is 1. The van der Waals surface area contributed by atoms with Crippen LogP contribution in [0.4, 0.5) is 10.1 Å². The van der Waals surface area contributed by atoms with Crippen molar-refractivity contribution < 1.29 is 24.0 Å². The number of amides is 1. The summed E-state index contributed by atoms with van der Waals surface area (Å²) in [6, 6.07) is 11.9. The first kappa shape index (κ1) is 17.7. The fraction of sp³-hybridized carbons (Fsp3) is 0.278. The Labute approximate surface area is 140 Å². The molecule has 0 spiro atoms. The van der Waals surface area contributed by atoms with E-state index in [-0.39, 0.29) is 18.1 Å². The minimum Gasteiger partial charge on any atom is -0.493 e. The van der Waals surface area contributed by atoms with E-state index in [2.05, 4.69) is 5.32 Å². The maximum absolute atomic E-state index is 13.4. The van der Waals surface area contributed by atoms with Crippen LogP contribution in [0.15, 0.2) is 42.5 Å². The molecule has 1 amide bonds. The molecule has 2 rings (SSSR count). The summed E-state index contributed by atoms with van der Waals surface area (Å²) >= 11 is 0. The van der Waals surface area contributed by atoms with Gasteiger partial charge in [-0.15, -0.1) is 0 Å². The Bertz CT molecular complexity index is 692. The van der Waals surface area contributed by atoms with E-state index in [1.54, 1.807) is 26.4 Å². The zero-order valence-corrected chi connectivity index (χ0v) is 13.8. The summed E-state index contributed by atoms with van der Waals surface area (Å²) in [6.45, 7) is 0.974. The first-order chi connectivity index (χ1) is 11.6. The van der Waals surface area contributed by atoms with Gasteiger partial charge >= 0.3 is 0 Å². The van der Waals surface area contributed by atoms with Gasteiger partial charge in [-0.05, 0) is 29.8 Å². The number of nitrogens with two attached hydrogens (primary N) is 1. The number of nitrogens with one attached hydrogen (secondary N) is 1. The van der Waals surface area contributed by atoms with Gasteiger partial charge in [-0.2, -0.15) is 0 Å². The lowest BCUT2D eigenvalue weighted by molar-refractivity contribution is -0.643. The van der Waals surface area contributed by atoms with Gasteiger partial charge in [0.25, 0.3) is 5.91 Å². The SMILES string of the molecule is COc1ccc(CC[NH2+]CC(=O)Nc2ccccc2F)cc1OC. The number of anilines is 1. The molecule has 128 valence electrons. The van der Waals surface area contributed by atoms with Crippen molar-refractivity contribution in [3.05, 3.63) is 53.8 Å². The van der Waals surface area contributed by atoms with E-state index in [0.29, 0.717) is 11.5 Å². The smallest absolute Gasteiger partial charge is 0.279 e. The Kier molecular flexibility index (Phi) is 6.57. The van der Waals surface area contributed by atoms with Crippen LogP contribution >= 0.6 is 0 Å². The number of rotatable bonds is 8. The summed E-state index contributed by atoms with van der Waals surface area (Å²) in [5.74, 6) is 0.713. The van der Waals surface area contributed by atoms with Crippen LogP contribution in [0, 0.1) is 5.82 Å². The number of benzene rings is 2. The summed E-state index contributed by atoms with van der Waals surface area (Å²) in [7, 11) is 3.19. The molecule has 0 aromatic heterocycles. The number of methoxy groups -OCH3 is 2. The van der Waals surface area contributed by atoms with Gasteiger partial charge in [0.15, 0.2) is 18.0 Å². The molecule has 0 radical (unpaired) electrons. The average molecular weight is 333 g/mol. The van der Waals surface area contributed by atoms with Gasteiger partial charge in [-0.25, -0.2) is 4.39 Å². The first-order valence-electron chi connectivity index (χ1n) is 7.71. The van der Waals surface area contributed by atoms with Crippen LogP contribution in [0.2, 0.25) is 0 Å². The van der Waals surface area contributed by atoms with Gasteiger partial charge in [-0.3, -0.25) is 4.79 Å². The average Bonchev–Trinajstić information content (AvgIpc) is 2.60. The fourth-order valence-corrected chi connectivity index (χ4v) is 2.30. The van der Waals surface area contributed by atoms with E-state index in [1.165, 1.54) is 12.1 Å². The zero-order chi connectivity index (χ0) is 17.4. The molecule has 5 nitrogen and oxygen atoms in total. The lowest BCUT2D eigenvalue weighted by Gasteiger charge is -2.09. The predicted octanol–water partition coefficient (Wildman–Crippen LogP) is 1.59. The van der Waals surface area contributed by atoms with Crippen molar-refractivity contribution in [2.75, 3.05) is 32.6 Å². The molecule has 0 fully saturated rings. The molecular formula is C18H22FN2O3+. The molecule has 6 heteroatoms. The standard InChI is InChI=1S/C18H21FN2O3/c1-23-16-8-7-13(11-17(16)24-2)9-10-20-12-18(22)21-15-6-4-3-5-14(15)19/h3-8,11,20H,9-10,12H2,1-2H3,(H,21,22)/p+1. The quantitative estimate of drug-likeness (QED) is 0.721. The summed E-state index contributed by atoms with van der Waals surface area (Å²) in [5.41, 5.74) is 1.30. The van der Waals surface area contributed by atoms with Crippen LogP contribution in [-0.2, 0) is 11.2 Å². The third-order valence-electron chi connectivity index (χ3n) is 3.56. The van der Waals surface area contributed by atoms with Crippen molar-refractivity contribution >= 4 is 11.6 Å². The number of hydrogen-bond donors (Lipinski definition) is 2. The summed E-state index contributed by atoms with van der Waals surface area (Å²) in [6.07, 6.45) is 0.785. The van der Waals surface area contributed by atoms with Crippen molar-refractivity contribution in [1.82, 2.24) is 0 Å². The van der Waals surface area contributed by atoms with E-state index in [9.17, 15) is 9.18 Å². The highest BCUT2D eigenvalue weighted by atomic mass is 19.1. The van der Waals surface area contributed by atoms with Crippen molar-refractivity contribution in [1.29, 1.82) is 0 Å². The van der Waals surface area contributed by atoms with Gasteiger partial charge in [-0.1, -0.05) is 18.2 Å². The molecule has 0 atom stereocenters. The Balaban J connectivity index is 1.76. The molecule has 24 heavy (non-hydrogen) atoms. The Morgan fingerprint density at radius 2 is 1.88 bits per heavy atom. The molecule has 0 aliphatic heterocycles. The van der Waals surface area contributed by atoms with E-state index in [1.807, 2.05) is 23.5 Å². The molecule has 3 N–H and O–H groups in total. The second-order valence-electron chi connectivity index (χ2n) is 5.25. The van der Waals surface area contributed by atoms with E-state index < -0.39 is 5.82 Å². The molecular weight excluding hydrogens is 311 g/mol. The Hall–Kier alpha value is -2.60. The molecule has 0 unspecified atom stereocenters. The number of carbonyl (C=O) groups is 1. The van der Waals surface area contributed by atoms with Crippen LogP contribution in [0.25, 0.3) is 0 Å². The highest BCUT2D eigenvalue weighted by molar-refractivity contribution is 5.91. The van der Waals surface area contributed by atoms with Crippen molar-refractivity contribution in [3.8, 4) is 11.5 Å². The molecule has 0 aliphatic rings. The second-order valence-corrected chi connectivity index (χ2v) is 5.25. The van der Waals surface area contributed by atoms with Gasteiger partial charge < -0.3 is 20.1 Å². The Morgan fingerprint density at radius 3 is 2.58 bits per heavy atom. The van der Waals surface area contributed by atoms with Gasteiger partial charge in [0, 0.05) is 6.42 Å². The van der Waals surface area contributed by atoms with Crippen LogP contribution in [0.3, 0.4) is 0 Å². The first-order valence-corrected chi connectivity index (χ1v) is 7.71. The van der Waals surface area contributed by atoms with Gasteiger partial charge in [0.1, 0.15) is 5.82 Å². The summed E-state index contributed by atoms with van der Waals surface area (Å²) < 4.78 is 23.9. The predicted molar refractivity (Wildman–Crippen MR) is 89.9 cm³/mol. The monoisotopic (exact) mass is 333 g/mol. The number of ether oxygens (including phenoxy) is 2. The lowest BCUT2D eigenvalue weighted by atomic mass is 10.1. The highest BCUT2D eigenvalue weighted by Gasteiger charge is 2.08. The fourth-order valence-electron chi connectivity index (χ4n) is 2.30. The number of hydrogen-bond acceptors (Lipinski definition) is 3. The zero-order valence-electron chi connectivity index (χ0n) is 13.8. The topological polar surface area (TPSA) is 64.2 Å². The number of quaternary nitrogens is 1. The van der Waals surface area contributed by atoms with Gasteiger partial charge in [0.05, 0.1) is 26.5 Å². The van der Waals surface area contributed by atoms with Crippen molar-refractivity contribution in [2.24, 2.45) is 0 Å². The maximum Gasteiger partial charge on any atom is 0.279 e. The number of carbonyl (C=O) groups excluding carboxylic acids is 1. The normalized spacial score (nSPS) is 10.3. The molecule has 0 aliphatic carbocycles. The minimum atomic E-state index is -0.434. The van der Waals surface area contributed by atoms with E-state index in [0.717, 1.165) is 18.5 Å². The second kappa shape index (κ2) is 8.88. The lowest BCUT2D eigenvalue weighted by Crippen LogP contribution is -2.86. The molecule has 0 saturated carbocycles. The third-order valence-corrected chi connectivity index (χ3v) is 3.56. The van der Waals surface area contributed by atoms with E-state index >= 15 is 0 Å². The summed E-state index contributed by atoms with van der Waals surface area (Å²) in [4.78, 5) is 11.8. The van der Waals surface area contributed by atoms with E-state index in [4.69, 9.17) is 9.47 Å². The molecule has 0 saturated heterocycles. The highest BCUT2D eigenvalue weighted by Crippen LogP contribution is 2.27. The molecule has 2 aromatic carbocycles.